The number of rotatable bonds is 6. The quantitative estimate of drug-likeness (QED) is 0.328. The van der Waals surface area contributed by atoms with Gasteiger partial charge < -0.3 is 20.1 Å². The van der Waals surface area contributed by atoms with Crippen LogP contribution in [0.4, 0.5) is 0 Å². The Morgan fingerprint density at radius 1 is 0.861 bits per heavy atom. The van der Waals surface area contributed by atoms with E-state index >= 15 is 0 Å². The summed E-state index contributed by atoms with van der Waals surface area (Å²) in [6.45, 7) is 16.3. The fourth-order valence-corrected chi connectivity index (χ4v) is 9.38. The monoisotopic (exact) mass is 508 g/mol. The molecular formula is C32H60O4. The van der Waals surface area contributed by atoms with Crippen LogP contribution in [-0.4, -0.2) is 38.9 Å². The first-order valence-electron chi connectivity index (χ1n) is 15.4. The van der Waals surface area contributed by atoms with Crippen molar-refractivity contribution >= 4 is 5.78 Å². The molecule has 10 atom stereocenters. The van der Waals surface area contributed by atoms with Crippen molar-refractivity contribution in [2.24, 2.45) is 40.4 Å². The molecule has 0 heterocycles. The Balaban J connectivity index is 0.000000694. The smallest absolute Gasteiger partial charge is 0.126 e. The van der Waals surface area contributed by atoms with E-state index in [1.165, 1.54) is 52.4 Å². The van der Waals surface area contributed by atoms with Crippen LogP contribution in [0, 0.1) is 40.4 Å². The maximum atomic E-state index is 11.6. The highest BCUT2D eigenvalue weighted by molar-refractivity contribution is 5.72. The number of fused-ring (bicyclic) bond motifs is 5. The van der Waals surface area contributed by atoms with E-state index in [9.17, 15) is 20.1 Å². The van der Waals surface area contributed by atoms with Gasteiger partial charge in [0.25, 0.3) is 0 Å². The zero-order valence-electron chi connectivity index (χ0n) is 25.0. The molecule has 0 spiro atoms. The molecule has 4 aliphatic rings. The molecule has 3 N–H and O–H groups in total. The molecule has 0 amide bonds. The minimum absolute atomic E-state index is 0.167. The number of aliphatic hydroxyl groups is 3. The van der Waals surface area contributed by atoms with Crippen molar-refractivity contribution < 1.29 is 20.1 Å². The van der Waals surface area contributed by atoms with Gasteiger partial charge in [0.05, 0.1) is 17.8 Å². The van der Waals surface area contributed by atoms with Crippen LogP contribution in [0.3, 0.4) is 0 Å². The first-order valence-corrected chi connectivity index (χ1v) is 15.4. The second-order valence-corrected chi connectivity index (χ2v) is 13.5. The van der Waals surface area contributed by atoms with Crippen LogP contribution in [0.1, 0.15) is 139 Å². The first-order chi connectivity index (χ1) is 16.9. The van der Waals surface area contributed by atoms with Crippen molar-refractivity contribution in [3.63, 3.8) is 0 Å². The number of unbranched alkanes of at least 4 members (excludes halogenated alkanes) is 3. The summed E-state index contributed by atoms with van der Waals surface area (Å²) in [7, 11) is 0. The summed E-state index contributed by atoms with van der Waals surface area (Å²) >= 11 is 0. The SMILES string of the molecule is CC.CC(C)=O.CCCCCC[C@](C)(O)C1CCC2C3C[C@H](O)C4CC(O)CCC4(C)[C@H]3CCC21C. The van der Waals surface area contributed by atoms with Gasteiger partial charge in [-0.15, -0.1) is 0 Å². The maximum absolute atomic E-state index is 11.6. The lowest BCUT2D eigenvalue weighted by molar-refractivity contribution is -0.179. The van der Waals surface area contributed by atoms with E-state index in [0.717, 1.165) is 44.9 Å². The van der Waals surface area contributed by atoms with Crippen molar-refractivity contribution in [2.45, 2.75) is 157 Å². The van der Waals surface area contributed by atoms with E-state index < -0.39 is 5.60 Å². The van der Waals surface area contributed by atoms with Gasteiger partial charge in [-0.05, 0) is 119 Å². The van der Waals surface area contributed by atoms with Gasteiger partial charge in [0.2, 0.25) is 0 Å². The molecule has 4 heteroatoms. The highest BCUT2D eigenvalue weighted by Gasteiger charge is 2.63. The van der Waals surface area contributed by atoms with Gasteiger partial charge in [-0.25, -0.2) is 0 Å². The van der Waals surface area contributed by atoms with Crippen molar-refractivity contribution in [1.29, 1.82) is 0 Å². The molecule has 0 radical (unpaired) electrons. The summed E-state index contributed by atoms with van der Waals surface area (Å²) in [4.78, 5) is 9.44. The first kappa shape index (κ1) is 31.8. The fraction of sp³-hybridized carbons (Fsp3) is 0.969. The number of carbonyl (C=O) groups excluding carboxylic acids is 1. The number of Topliss-reactive ketones (excluding diaryl/α,β-unsaturated/α-hetero) is 1. The number of carbonyl (C=O) groups is 1. The Kier molecular flexibility index (Phi) is 11.5. The van der Waals surface area contributed by atoms with E-state index in [4.69, 9.17) is 0 Å². The second kappa shape index (κ2) is 13.1. The summed E-state index contributed by atoms with van der Waals surface area (Å²) in [6.07, 6.45) is 13.9. The number of ketones is 1. The summed E-state index contributed by atoms with van der Waals surface area (Å²) in [5.41, 5.74) is -0.158. The molecule has 4 aliphatic carbocycles. The lowest BCUT2D eigenvalue weighted by atomic mass is 9.43. The van der Waals surface area contributed by atoms with Crippen LogP contribution >= 0.6 is 0 Å². The Bertz CT molecular complexity index is 686. The molecule has 0 bridgehead atoms. The van der Waals surface area contributed by atoms with Crippen molar-refractivity contribution in [1.82, 2.24) is 0 Å². The molecule has 4 nitrogen and oxygen atoms in total. The Morgan fingerprint density at radius 3 is 2.06 bits per heavy atom. The summed E-state index contributed by atoms with van der Waals surface area (Å²) in [5, 5.41) is 33.0. The van der Waals surface area contributed by atoms with Gasteiger partial charge in [0.1, 0.15) is 5.78 Å². The van der Waals surface area contributed by atoms with Crippen LogP contribution in [0.15, 0.2) is 0 Å². The van der Waals surface area contributed by atoms with Crippen LogP contribution in [0.2, 0.25) is 0 Å². The summed E-state index contributed by atoms with van der Waals surface area (Å²) < 4.78 is 0. The predicted octanol–water partition coefficient (Wildman–Crippen LogP) is 7.32. The minimum Gasteiger partial charge on any atom is -0.393 e. The van der Waals surface area contributed by atoms with Gasteiger partial charge >= 0.3 is 0 Å². The van der Waals surface area contributed by atoms with Gasteiger partial charge in [-0.1, -0.05) is 60.3 Å². The third-order valence-corrected chi connectivity index (χ3v) is 10.9. The lowest BCUT2D eigenvalue weighted by Crippen LogP contribution is -2.59. The largest absolute Gasteiger partial charge is 0.393 e. The molecule has 0 aliphatic heterocycles. The van der Waals surface area contributed by atoms with Crippen LogP contribution in [0.5, 0.6) is 0 Å². The normalized spacial score (nSPS) is 42.8. The minimum atomic E-state index is -0.557. The molecule has 36 heavy (non-hydrogen) atoms. The van der Waals surface area contributed by atoms with Gasteiger partial charge in [-0.3, -0.25) is 0 Å². The molecule has 4 rings (SSSR count). The van der Waals surface area contributed by atoms with E-state index in [1.54, 1.807) is 0 Å². The van der Waals surface area contributed by atoms with E-state index in [1.807, 2.05) is 13.8 Å². The third kappa shape index (κ3) is 6.57. The molecule has 0 aromatic rings. The fourth-order valence-electron chi connectivity index (χ4n) is 9.38. The highest BCUT2D eigenvalue weighted by Crippen LogP contribution is 2.68. The van der Waals surface area contributed by atoms with E-state index in [0.29, 0.717) is 23.7 Å². The predicted molar refractivity (Wildman–Crippen MR) is 150 cm³/mol. The molecule has 0 saturated heterocycles. The number of hydrogen-bond donors (Lipinski definition) is 3. The second-order valence-electron chi connectivity index (χ2n) is 13.5. The Morgan fingerprint density at radius 2 is 1.44 bits per heavy atom. The molecular weight excluding hydrogens is 448 g/mol. The Hall–Kier alpha value is -0.450. The summed E-state index contributed by atoms with van der Waals surface area (Å²) in [5.74, 6) is 2.75. The average molecular weight is 509 g/mol. The van der Waals surface area contributed by atoms with Crippen molar-refractivity contribution in [2.75, 3.05) is 0 Å². The zero-order chi connectivity index (χ0) is 27.3. The molecule has 212 valence electrons. The maximum Gasteiger partial charge on any atom is 0.126 e. The standard InChI is InChI=1S/C27H48O3.C3H6O.C2H6/c1-5-6-7-8-13-27(4,30)24-10-9-20-19-17-23(29)22-16-18(28)11-14-25(22,2)21(19)12-15-26(20,24)3;1-3(2)4;1-2/h18-24,28-30H,5-17H2,1-4H3;1-2H3;1-2H3/t18?,19?,20?,21-,22?,23-,24?,25?,26?,27-;;/m0../s1. The van der Waals surface area contributed by atoms with Crippen LogP contribution < -0.4 is 0 Å². The van der Waals surface area contributed by atoms with Gasteiger partial charge in [-0.2, -0.15) is 0 Å². The van der Waals surface area contributed by atoms with Crippen molar-refractivity contribution in [3.8, 4) is 0 Å². The van der Waals surface area contributed by atoms with E-state index in [-0.39, 0.29) is 34.7 Å². The third-order valence-electron chi connectivity index (χ3n) is 10.9. The number of aliphatic hydroxyl groups excluding tert-OH is 2. The molecule has 4 saturated carbocycles. The van der Waals surface area contributed by atoms with Gasteiger partial charge in [0.15, 0.2) is 0 Å². The zero-order valence-corrected chi connectivity index (χ0v) is 25.0. The van der Waals surface area contributed by atoms with Crippen molar-refractivity contribution in [3.05, 3.63) is 0 Å². The molecule has 0 aromatic carbocycles. The van der Waals surface area contributed by atoms with E-state index in [2.05, 4.69) is 27.7 Å². The van der Waals surface area contributed by atoms with Crippen LogP contribution in [0.25, 0.3) is 0 Å². The highest BCUT2D eigenvalue weighted by atomic mass is 16.3. The lowest BCUT2D eigenvalue weighted by Gasteiger charge is -2.62. The summed E-state index contributed by atoms with van der Waals surface area (Å²) in [6, 6.07) is 0. The molecule has 7 unspecified atom stereocenters. The Labute approximate surface area is 223 Å². The van der Waals surface area contributed by atoms with Crippen LogP contribution in [-0.2, 0) is 4.79 Å². The van der Waals surface area contributed by atoms with Gasteiger partial charge in [0, 0.05) is 0 Å². The molecule has 4 fully saturated rings. The number of hydrogen-bond acceptors (Lipinski definition) is 4. The molecule has 0 aromatic heterocycles. The topological polar surface area (TPSA) is 77.8 Å². The average Bonchev–Trinajstić information content (AvgIpc) is 3.17.